The van der Waals surface area contributed by atoms with Gasteiger partial charge in [0.25, 0.3) is 0 Å². The lowest BCUT2D eigenvalue weighted by Gasteiger charge is -2.17. The second kappa shape index (κ2) is 6.76. The van der Waals surface area contributed by atoms with Crippen molar-refractivity contribution in [2.75, 3.05) is 0 Å². The smallest absolute Gasteiger partial charge is 0.326 e. The molecule has 1 rings (SSSR count). The summed E-state index contributed by atoms with van der Waals surface area (Å²) in [6.07, 6.45) is 1.07. The SMILES string of the molecule is CCCC(NC(=O)[C@H](N)c1ccccc1)C(=O)O. The van der Waals surface area contributed by atoms with E-state index >= 15 is 0 Å². The molecule has 0 aliphatic rings. The Morgan fingerprint density at radius 1 is 1.33 bits per heavy atom. The van der Waals surface area contributed by atoms with E-state index in [1.54, 1.807) is 24.3 Å². The molecule has 5 nitrogen and oxygen atoms in total. The van der Waals surface area contributed by atoms with Crippen LogP contribution in [0.25, 0.3) is 0 Å². The van der Waals surface area contributed by atoms with Crippen LogP contribution in [-0.2, 0) is 9.59 Å². The maximum atomic E-state index is 11.8. The molecule has 0 aliphatic carbocycles. The van der Waals surface area contributed by atoms with Crippen molar-refractivity contribution in [3.05, 3.63) is 35.9 Å². The minimum absolute atomic E-state index is 0.391. The molecule has 0 fully saturated rings. The molecule has 2 atom stereocenters. The lowest BCUT2D eigenvalue weighted by Crippen LogP contribution is -2.44. The highest BCUT2D eigenvalue weighted by Gasteiger charge is 2.23. The molecule has 0 aromatic heterocycles. The average Bonchev–Trinajstić information content (AvgIpc) is 2.38. The molecule has 1 aromatic rings. The number of amides is 1. The monoisotopic (exact) mass is 250 g/mol. The van der Waals surface area contributed by atoms with E-state index in [-0.39, 0.29) is 0 Å². The fourth-order valence-corrected chi connectivity index (χ4v) is 1.62. The van der Waals surface area contributed by atoms with Crippen molar-refractivity contribution in [2.45, 2.75) is 31.8 Å². The highest BCUT2D eigenvalue weighted by molar-refractivity contribution is 5.87. The Kier molecular flexibility index (Phi) is 5.32. The van der Waals surface area contributed by atoms with Crippen molar-refractivity contribution in [2.24, 2.45) is 5.73 Å². The van der Waals surface area contributed by atoms with Crippen LogP contribution in [0.1, 0.15) is 31.4 Å². The molecule has 1 unspecified atom stereocenters. The summed E-state index contributed by atoms with van der Waals surface area (Å²) in [5.74, 6) is -1.51. The standard InChI is InChI=1S/C13H18N2O3/c1-2-6-10(13(17)18)15-12(16)11(14)9-7-4-3-5-8-9/h3-5,7-8,10-11H,2,6,14H2,1H3,(H,15,16)(H,17,18)/t10?,11-/m1/s1. The van der Waals surface area contributed by atoms with Gasteiger partial charge in [0.05, 0.1) is 0 Å². The quantitative estimate of drug-likeness (QED) is 0.703. The van der Waals surface area contributed by atoms with E-state index in [0.717, 1.165) is 0 Å². The second-order valence-corrected chi connectivity index (χ2v) is 4.08. The van der Waals surface area contributed by atoms with E-state index < -0.39 is 24.0 Å². The number of carboxylic acids is 1. The van der Waals surface area contributed by atoms with Crippen LogP contribution >= 0.6 is 0 Å². The Balaban J connectivity index is 2.67. The number of carbonyl (C=O) groups is 2. The van der Waals surface area contributed by atoms with Gasteiger partial charge in [-0.1, -0.05) is 43.7 Å². The fraction of sp³-hybridized carbons (Fsp3) is 0.385. The number of aliphatic carboxylic acids is 1. The number of nitrogens with one attached hydrogen (secondary N) is 1. The number of carboxylic acid groups (broad SMARTS) is 1. The van der Waals surface area contributed by atoms with E-state index in [1.807, 2.05) is 13.0 Å². The minimum atomic E-state index is -1.04. The van der Waals surface area contributed by atoms with Gasteiger partial charge in [-0.05, 0) is 12.0 Å². The Morgan fingerprint density at radius 3 is 2.44 bits per heavy atom. The molecule has 0 radical (unpaired) electrons. The van der Waals surface area contributed by atoms with Crippen LogP contribution in [0.15, 0.2) is 30.3 Å². The fourth-order valence-electron chi connectivity index (χ4n) is 1.62. The zero-order valence-electron chi connectivity index (χ0n) is 10.3. The van der Waals surface area contributed by atoms with Crippen LogP contribution in [0, 0.1) is 0 Å². The van der Waals surface area contributed by atoms with Crippen LogP contribution in [0.5, 0.6) is 0 Å². The van der Waals surface area contributed by atoms with Crippen LogP contribution < -0.4 is 11.1 Å². The largest absolute Gasteiger partial charge is 0.480 e. The summed E-state index contributed by atoms with van der Waals surface area (Å²) in [5, 5.41) is 11.4. The summed E-state index contributed by atoms with van der Waals surface area (Å²) in [6.45, 7) is 1.86. The summed E-state index contributed by atoms with van der Waals surface area (Å²) in [4.78, 5) is 22.8. The molecule has 0 saturated carbocycles. The molecule has 4 N–H and O–H groups in total. The molecule has 0 spiro atoms. The highest BCUT2D eigenvalue weighted by Crippen LogP contribution is 2.10. The Morgan fingerprint density at radius 2 is 1.94 bits per heavy atom. The molecule has 98 valence electrons. The highest BCUT2D eigenvalue weighted by atomic mass is 16.4. The van der Waals surface area contributed by atoms with Crippen LogP contribution in [-0.4, -0.2) is 23.0 Å². The molecular formula is C13H18N2O3. The summed E-state index contributed by atoms with van der Waals surface area (Å²) >= 11 is 0. The first-order valence-corrected chi connectivity index (χ1v) is 5.90. The predicted molar refractivity (Wildman–Crippen MR) is 67.8 cm³/mol. The number of hydrogen-bond acceptors (Lipinski definition) is 3. The minimum Gasteiger partial charge on any atom is -0.480 e. The van der Waals surface area contributed by atoms with Crippen LogP contribution in [0.2, 0.25) is 0 Å². The molecule has 0 heterocycles. The Labute approximate surface area is 106 Å². The van der Waals surface area contributed by atoms with Gasteiger partial charge in [-0.25, -0.2) is 4.79 Å². The number of nitrogens with two attached hydrogens (primary N) is 1. The molecule has 0 saturated heterocycles. The first kappa shape index (κ1) is 14.2. The maximum Gasteiger partial charge on any atom is 0.326 e. The van der Waals surface area contributed by atoms with Crippen molar-refractivity contribution in [1.29, 1.82) is 0 Å². The molecule has 5 heteroatoms. The van der Waals surface area contributed by atoms with Gasteiger partial charge in [-0.3, -0.25) is 4.79 Å². The van der Waals surface area contributed by atoms with Gasteiger partial charge in [0.2, 0.25) is 5.91 Å². The third-order valence-electron chi connectivity index (χ3n) is 2.63. The van der Waals surface area contributed by atoms with Crippen molar-refractivity contribution in [3.63, 3.8) is 0 Å². The summed E-state index contributed by atoms with van der Waals surface area (Å²) < 4.78 is 0. The third kappa shape index (κ3) is 3.85. The first-order chi connectivity index (χ1) is 8.56. The van der Waals surface area contributed by atoms with Gasteiger partial charge in [-0.2, -0.15) is 0 Å². The lowest BCUT2D eigenvalue weighted by atomic mass is 10.1. The molecule has 1 aromatic carbocycles. The van der Waals surface area contributed by atoms with Gasteiger partial charge in [0.1, 0.15) is 12.1 Å². The number of hydrogen-bond donors (Lipinski definition) is 3. The van der Waals surface area contributed by atoms with E-state index in [0.29, 0.717) is 18.4 Å². The van der Waals surface area contributed by atoms with Crippen LogP contribution in [0.4, 0.5) is 0 Å². The summed E-state index contributed by atoms with van der Waals surface area (Å²) in [6, 6.07) is 7.14. The van der Waals surface area contributed by atoms with Gasteiger partial charge in [-0.15, -0.1) is 0 Å². The molecule has 0 aliphatic heterocycles. The Hall–Kier alpha value is -1.88. The van der Waals surface area contributed by atoms with Crippen molar-refractivity contribution in [3.8, 4) is 0 Å². The average molecular weight is 250 g/mol. The summed E-state index contributed by atoms with van der Waals surface area (Å²) in [7, 11) is 0. The first-order valence-electron chi connectivity index (χ1n) is 5.90. The van der Waals surface area contributed by atoms with Crippen molar-refractivity contribution >= 4 is 11.9 Å². The number of benzene rings is 1. The number of carbonyl (C=O) groups excluding carboxylic acids is 1. The maximum absolute atomic E-state index is 11.8. The molecule has 0 bridgehead atoms. The topological polar surface area (TPSA) is 92.4 Å². The van der Waals surface area contributed by atoms with Gasteiger partial charge >= 0.3 is 5.97 Å². The van der Waals surface area contributed by atoms with Crippen molar-refractivity contribution < 1.29 is 14.7 Å². The molecule has 1 amide bonds. The van der Waals surface area contributed by atoms with Gasteiger partial charge < -0.3 is 16.2 Å². The molecular weight excluding hydrogens is 232 g/mol. The molecule has 18 heavy (non-hydrogen) atoms. The normalized spacial score (nSPS) is 13.7. The van der Waals surface area contributed by atoms with Gasteiger partial charge in [0, 0.05) is 0 Å². The van der Waals surface area contributed by atoms with E-state index in [2.05, 4.69) is 5.32 Å². The summed E-state index contributed by atoms with van der Waals surface area (Å²) in [5.41, 5.74) is 6.44. The van der Waals surface area contributed by atoms with E-state index in [4.69, 9.17) is 10.8 Å². The third-order valence-corrected chi connectivity index (χ3v) is 2.63. The van der Waals surface area contributed by atoms with Gasteiger partial charge in [0.15, 0.2) is 0 Å². The zero-order chi connectivity index (χ0) is 13.5. The van der Waals surface area contributed by atoms with Crippen molar-refractivity contribution in [1.82, 2.24) is 5.32 Å². The number of rotatable bonds is 6. The predicted octanol–water partition coefficient (Wildman–Crippen LogP) is 1.06. The Bertz CT molecular complexity index is 406. The zero-order valence-corrected chi connectivity index (χ0v) is 10.3. The second-order valence-electron chi connectivity index (χ2n) is 4.08. The lowest BCUT2D eigenvalue weighted by molar-refractivity contribution is -0.142. The van der Waals surface area contributed by atoms with Crippen LogP contribution in [0.3, 0.4) is 0 Å². The van der Waals surface area contributed by atoms with E-state index in [1.165, 1.54) is 0 Å². The van der Waals surface area contributed by atoms with E-state index in [9.17, 15) is 9.59 Å².